The molecule has 0 radical (unpaired) electrons. The number of imide groups is 1. The number of para-hydroxylation sites is 1. The summed E-state index contributed by atoms with van der Waals surface area (Å²) in [6, 6.07) is 25.5. The van der Waals surface area contributed by atoms with Gasteiger partial charge in [0.25, 0.3) is 0 Å². The van der Waals surface area contributed by atoms with E-state index in [4.69, 9.17) is 0 Å². The molecule has 0 atom stereocenters. The topological polar surface area (TPSA) is 70.2 Å². The van der Waals surface area contributed by atoms with E-state index in [9.17, 15) is 9.59 Å². The van der Waals surface area contributed by atoms with Gasteiger partial charge in [-0.3, -0.25) is 10.1 Å². The first-order chi connectivity index (χ1) is 13.7. The number of hydrogen-bond acceptors (Lipinski definition) is 3. The highest BCUT2D eigenvalue weighted by Gasteiger charge is 2.07. The van der Waals surface area contributed by atoms with Crippen LogP contribution in [-0.4, -0.2) is 18.5 Å². The van der Waals surface area contributed by atoms with Crippen LogP contribution in [0.3, 0.4) is 0 Å². The molecule has 3 aromatic rings. The quantitative estimate of drug-likeness (QED) is 0.612. The van der Waals surface area contributed by atoms with Crippen molar-refractivity contribution in [1.29, 1.82) is 0 Å². The van der Waals surface area contributed by atoms with E-state index in [0.29, 0.717) is 5.69 Å². The molecule has 138 valence electrons. The minimum Gasteiger partial charge on any atom is -0.376 e. The number of urea groups is 1. The average molecular weight is 369 g/mol. The lowest BCUT2D eigenvalue weighted by molar-refractivity contribution is -0.118. The van der Waals surface area contributed by atoms with Gasteiger partial charge >= 0.3 is 6.03 Å². The van der Waals surface area contributed by atoms with E-state index >= 15 is 0 Å². The molecule has 0 unspecified atom stereocenters. The van der Waals surface area contributed by atoms with Gasteiger partial charge in [0.05, 0.1) is 6.54 Å². The van der Waals surface area contributed by atoms with Crippen molar-refractivity contribution < 1.29 is 9.59 Å². The van der Waals surface area contributed by atoms with Crippen molar-refractivity contribution >= 4 is 23.3 Å². The molecule has 0 aliphatic heterocycles. The van der Waals surface area contributed by atoms with Crippen LogP contribution in [0.25, 0.3) is 0 Å². The molecule has 0 saturated heterocycles. The number of rotatable bonds is 4. The van der Waals surface area contributed by atoms with Crippen LogP contribution >= 0.6 is 0 Å². The molecule has 3 rings (SSSR count). The summed E-state index contributed by atoms with van der Waals surface area (Å²) >= 11 is 0. The van der Waals surface area contributed by atoms with Crippen LogP contribution in [0.2, 0.25) is 0 Å². The number of anilines is 2. The zero-order valence-corrected chi connectivity index (χ0v) is 15.1. The highest BCUT2D eigenvalue weighted by Crippen LogP contribution is 2.10. The third-order valence-corrected chi connectivity index (χ3v) is 3.73. The second kappa shape index (κ2) is 9.60. The SMILES string of the molecule is O=C(CNc1cccc(C#Cc2ccccc2)c1)NC(=O)Nc1ccccc1. The van der Waals surface area contributed by atoms with Crippen molar-refractivity contribution in [2.75, 3.05) is 17.2 Å². The number of carbonyl (C=O) groups excluding carboxylic acids is 2. The van der Waals surface area contributed by atoms with Crippen LogP contribution < -0.4 is 16.0 Å². The van der Waals surface area contributed by atoms with E-state index in [0.717, 1.165) is 16.8 Å². The number of benzene rings is 3. The molecule has 0 bridgehead atoms. The summed E-state index contributed by atoms with van der Waals surface area (Å²) in [5, 5.41) is 7.87. The van der Waals surface area contributed by atoms with Crippen LogP contribution in [0.1, 0.15) is 11.1 Å². The Bertz CT molecular complexity index is 1010. The highest BCUT2D eigenvalue weighted by atomic mass is 16.2. The molecule has 3 amide bonds. The summed E-state index contributed by atoms with van der Waals surface area (Å²) in [7, 11) is 0. The molecule has 0 saturated carbocycles. The second-order valence-electron chi connectivity index (χ2n) is 5.92. The number of nitrogens with one attached hydrogen (secondary N) is 3. The van der Waals surface area contributed by atoms with Crippen LogP contribution in [0.4, 0.5) is 16.2 Å². The van der Waals surface area contributed by atoms with Gasteiger partial charge in [0, 0.05) is 22.5 Å². The molecule has 5 nitrogen and oxygen atoms in total. The van der Waals surface area contributed by atoms with Gasteiger partial charge in [-0.2, -0.15) is 0 Å². The largest absolute Gasteiger partial charge is 0.376 e. The van der Waals surface area contributed by atoms with Crippen molar-refractivity contribution in [3.63, 3.8) is 0 Å². The van der Waals surface area contributed by atoms with Gasteiger partial charge in [0.2, 0.25) is 5.91 Å². The van der Waals surface area contributed by atoms with Crippen molar-refractivity contribution in [3.05, 3.63) is 96.1 Å². The molecular weight excluding hydrogens is 350 g/mol. The number of hydrogen-bond donors (Lipinski definition) is 3. The first kappa shape index (κ1) is 18.7. The first-order valence-electron chi connectivity index (χ1n) is 8.76. The zero-order valence-electron chi connectivity index (χ0n) is 15.1. The predicted molar refractivity (Wildman–Crippen MR) is 111 cm³/mol. The van der Waals surface area contributed by atoms with Gasteiger partial charge in [-0.1, -0.05) is 54.3 Å². The van der Waals surface area contributed by atoms with E-state index in [1.54, 1.807) is 24.3 Å². The van der Waals surface area contributed by atoms with Crippen LogP contribution in [0, 0.1) is 11.8 Å². The molecule has 0 spiro atoms. The fourth-order valence-corrected chi connectivity index (χ4v) is 2.41. The maximum absolute atomic E-state index is 12.0. The fraction of sp³-hybridized carbons (Fsp3) is 0.0435. The van der Waals surface area contributed by atoms with Gasteiger partial charge < -0.3 is 10.6 Å². The van der Waals surface area contributed by atoms with Gasteiger partial charge in [-0.15, -0.1) is 0 Å². The van der Waals surface area contributed by atoms with Crippen molar-refractivity contribution in [3.8, 4) is 11.8 Å². The van der Waals surface area contributed by atoms with E-state index < -0.39 is 11.9 Å². The molecule has 3 N–H and O–H groups in total. The van der Waals surface area contributed by atoms with Gasteiger partial charge in [0.15, 0.2) is 0 Å². The molecule has 0 heterocycles. The van der Waals surface area contributed by atoms with Gasteiger partial charge in [-0.05, 0) is 42.5 Å². The first-order valence-corrected chi connectivity index (χ1v) is 8.76. The minimum absolute atomic E-state index is 0.0300. The molecule has 28 heavy (non-hydrogen) atoms. The summed E-state index contributed by atoms with van der Waals surface area (Å²) in [6.07, 6.45) is 0. The molecule has 5 heteroatoms. The maximum atomic E-state index is 12.0. The number of carbonyl (C=O) groups is 2. The maximum Gasteiger partial charge on any atom is 0.325 e. The van der Waals surface area contributed by atoms with Crippen molar-refractivity contribution in [2.24, 2.45) is 0 Å². The Kier molecular flexibility index (Phi) is 6.43. The number of amides is 3. The highest BCUT2D eigenvalue weighted by molar-refractivity contribution is 6.02. The summed E-state index contributed by atoms with van der Waals surface area (Å²) in [5.41, 5.74) is 3.13. The van der Waals surface area contributed by atoms with Crippen molar-refractivity contribution in [1.82, 2.24) is 5.32 Å². The van der Waals surface area contributed by atoms with Crippen molar-refractivity contribution in [2.45, 2.75) is 0 Å². The lowest BCUT2D eigenvalue weighted by Gasteiger charge is -2.08. The Labute approximate surface area is 163 Å². The summed E-state index contributed by atoms with van der Waals surface area (Å²) in [6.45, 7) is -0.0300. The molecule has 0 fully saturated rings. The normalized spacial score (nSPS) is 9.57. The van der Waals surface area contributed by atoms with E-state index in [2.05, 4.69) is 27.8 Å². The fourth-order valence-electron chi connectivity index (χ4n) is 2.41. The Morgan fingerprint density at radius 1 is 0.714 bits per heavy atom. The molecule has 3 aromatic carbocycles. The molecule has 0 aromatic heterocycles. The summed E-state index contributed by atoms with van der Waals surface area (Å²) in [5.74, 6) is 5.75. The second-order valence-corrected chi connectivity index (χ2v) is 5.92. The van der Waals surface area contributed by atoms with E-state index in [1.807, 2.05) is 60.7 Å². The third kappa shape index (κ3) is 6.04. The minimum atomic E-state index is -0.569. The predicted octanol–water partition coefficient (Wildman–Crippen LogP) is 3.85. The van der Waals surface area contributed by atoms with Gasteiger partial charge in [-0.25, -0.2) is 4.79 Å². The van der Waals surface area contributed by atoms with Crippen LogP contribution in [-0.2, 0) is 4.79 Å². The van der Waals surface area contributed by atoms with Crippen LogP contribution in [0.5, 0.6) is 0 Å². The van der Waals surface area contributed by atoms with E-state index in [1.165, 1.54) is 0 Å². The average Bonchev–Trinajstić information content (AvgIpc) is 2.72. The third-order valence-electron chi connectivity index (χ3n) is 3.73. The van der Waals surface area contributed by atoms with Gasteiger partial charge in [0.1, 0.15) is 0 Å². The molecular formula is C23H19N3O2. The summed E-state index contributed by atoms with van der Waals surface area (Å²) in [4.78, 5) is 23.8. The lowest BCUT2D eigenvalue weighted by atomic mass is 10.1. The Balaban J connectivity index is 1.51. The van der Waals surface area contributed by atoms with Crippen LogP contribution in [0.15, 0.2) is 84.9 Å². The summed E-state index contributed by atoms with van der Waals surface area (Å²) < 4.78 is 0. The Morgan fingerprint density at radius 3 is 2.07 bits per heavy atom. The molecule has 0 aliphatic rings. The monoisotopic (exact) mass is 369 g/mol. The Morgan fingerprint density at radius 2 is 1.32 bits per heavy atom. The molecule has 0 aliphatic carbocycles. The lowest BCUT2D eigenvalue weighted by Crippen LogP contribution is -2.37. The van der Waals surface area contributed by atoms with E-state index in [-0.39, 0.29) is 6.54 Å². The Hall–Kier alpha value is -4.04. The smallest absolute Gasteiger partial charge is 0.325 e. The standard InChI is InChI=1S/C23H19N3O2/c27-22(26-23(28)25-20-11-5-2-6-12-20)17-24-21-13-7-10-19(16-21)15-14-18-8-3-1-4-9-18/h1-13,16,24H,17H2,(H2,25,26,27,28). The zero-order chi connectivity index (χ0) is 19.6.